The van der Waals surface area contributed by atoms with Crippen LogP contribution in [-0.4, -0.2) is 32.6 Å². The zero-order valence-electron chi connectivity index (χ0n) is 23.6. The van der Waals surface area contributed by atoms with E-state index in [1.54, 1.807) is 0 Å². The summed E-state index contributed by atoms with van der Waals surface area (Å²) in [5.74, 6) is 1.40. The summed E-state index contributed by atoms with van der Waals surface area (Å²) in [6.45, 7) is 8.43. The van der Waals surface area contributed by atoms with Crippen LogP contribution in [-0.2, 0) is 20.7 Å². The number of hydrogen-bond acceptors (Lipinski definition) is 6. The predicted molar refractivity (Wildman–Crippen MR) is 150 cm³/mol. The van der Waals surface area contributed by atoms with Gasteiger partial charge in [0.15, 0.2) is 0 Å². The molecule has 1 aliphatic carbocycles. The summed E-state index contributed by atoms with van der Waals surface area (Å²) in [6, 6.07) is 12.9. The van der Waals surface area contributed by atoms with Crippen molar-refractivity contribution < 1.29 is 32.9 Å². The highest BCUT2D eigenvalue weighted by Gasteiger charge is 2.32. The number of halogens is 1. The first kappa shape index (κ1) is 27.7. The third kappa shape index (κ3) is 5.42. The average Bonchev–Trinajstić information content (AvgIpc) is 3.53. The van der Waals surface area contributed by atoms with E-state index in [-0.39, 0.29) is 24.1 Å². The summed E-state index contributed by atoms with van der Waals surface area (Å²) in [5, 5.41) is 0. The van der Waals surface area contributed by atoms with Crippen LogP contribution >= 0.6 is 0 Å². The fourth-order valence-electron chi connectivity index (χ4n) is 5.71. The van der Waals surface area contributed by atoms with Gasteiger partial charge < -0.3 is 23.7 Å². The molecule has 0 aromatic heterocycles. The molecule has 0 spiro atoms. The number of methoxy groups -OCH3 is 1. The van der Waals surface area contributed by atoms with Gasteiger partial charge in [0.05, 0.1) is 32.2 Å². The minimum absolute atomic E-state index is 0.0523. The van der Waals surface area contributed by atoms with Crippen LogP contribution in [0.5, 0.6) is 17.2 Å². The largest absolute Gasteiger partial charge is 0.493 e. The molecule has 5 rings (SSSR count). The Morgan fingerprint density at radius 3 is 2.55 bits per heavy atom. The number of hydrogen-bond donors (Lipinski definition) is 0. The van der Waals surface area contributed by atoms with Gasteiger partial charge >= 0.3 is 5.97 Å². The normalized spacial score (nSPS) is 17.6. The second-order valence-electron chi connectivity index (χ2n) is 11.4. The van der Waals surface area contributed by atoms with E-state index in [9.17, 15) is 9.59 Å². The second kappa shape index (κ2) is 11.0. The van der Waals surface area contributed by atoms with Crippen LogP contribution < -0.4 is 14.2 Å². The molecule has 7 heteroatoms. The minimum atomic E-state index is -0.566. The molecule has 0 saturated heterocycles. The van der Waals surface area contributed by atoms with Crippen LogP contribution in [0.1, 0.15) is 66.5 Å². The number of carbonyl (C=O) groups excluding carboxylic acids is 2. The van der Waals surface area contributed by atoms with E-state index in [4.69, 9.17) is 18.9 Å². The Hall–Kier alpha value is -3.87. The fraction of sp³-hybridized carbons (Fsp3) is 0.394. The topological polar surface area (TPSA) is 71.1 Å². The summed E-state index contributed by atoms with van der Waals surface area (Å²) in [7, 11) is 1.38. The van der Waals surface area contributed by atoms with Gasteiger partial charge in [-0.2, -0.15) is 0 Å². The molecule has 1 unspecified atom stereocenters. The highest BCUT2D eigenvalue weighted by Crippen LogP contribution is 2.45. The van der Waals surface area contributed by atoms with Gasteiger partial charge in [0.1, 0.15) is 35.5 Å². The van der Waals surface area contributed by atoms with E-state index in [2.05, 4.69) is 0 Å². The van der Waals surface area contributed by atoms with Crippen molar-refractivity contribution >= 4 is 12.3 Å². The van der Waals surface area contributed by atoms with Crippen LogP contribution in [0.15, 0.2) is 42.5 Å². The number of aldehydes is 1. The molecule has 0 bridgehead atoms. The Morgan fingerprint density at radius 1 is 1.10 bits per heavy atom. The first-order valence-electron chi connectivity index (χ1n) is 13.6. The Balaban J connectivity index is 1.39. The van der Waals surface area contributed by atoms with Crippen molar-refractivity contribution in [1.82, 2.24) is 0 Å². The second-order valence-corrected chi connectivity index (χ2v) is 11.4. The molecule has 210 valence electrons. The number of fused-ring (bicyclic) bond motifs is 2. The highest BCUT2D eigenvalue weighted by atomic mass is 19.1. The van der Waals surface area contributed by atoms with Crippen molar-refractivity contribution in [2.45, 2.75) is 59.0 Å². The van der Waals surface area contributed by atoms with Gasteiger partial charge in [-0.25, -0.2) is 4.39 Å². The molecule has 2 aliphatic rings. The van der Waals surface area contributed by atoms with Crippen molar-refractivity contribution in [3.63, 3.8) is 0 Å². The van der Waals surface area contributed by atoms with Gasteiger partial charge in [0.25, 0.3) is 0 Å². The molecule has 0 saturated carbocycles. The van der Waals surface area contributed by atoms with Crippen molar-refractivity contribution in [1.29, 1.82) is 0 Å². The van der Waals surface area contributed by atoms with Crippen LogP contribution in [0.25, 0.3) is 11.1 Å². The summed E-state index contributed by atoms with van der Waals surface area (Å²) >= 11 is 0. The molecule has 3 aromatic carbocycles. The molecule has 3 aromatic rings. The zero-order valence-corrected chi connectivity index (χ0v) is 23.6. The van der Waals surface area contributed by atoms with Gasteiger partial charge in [-0.1, -0.05) is 12.1 Å². The first-order valence-corrected chi connectivity index (χ1v) is 13.6. The first-order chi connectivity index (χ1) is 19.1. The Kier molecular flexibility index (Phi) is 7.58. The SMILES string of the molecule is COC(=O)CC1COc2cc(O[C@@H]3CCc4c(-c5c(C)cc(OCC(C)(C)C=O)cc5C)ccc(F)c43)ccc21. The third-order valence-electron chi connectivity index (χ3n) is 7.77. The molecule has 2 atom stereocenters. The number of carbonyl (C=O) groups is 2. The van der Waals surface area contributed by atoms with Gasteiger partial charge in [0.2, 0.25) is 0 Å². The lowest BCUT2D eigenvalue weighted by atomic mass is 9.90. The third-order valence-corrected chi connectivity index (χ3v) is 7.77. The molecular formula is C33H35FO6. The number of ether oxygens (including phenoxy) is 4. The Labute approximate surface area is 234 Å². The molecule has 1 aliphatic heterocycles. The maximum Gasteiger partial charge on any atom is 0.306 e. The van der Waals surface area contributed by atoms with Crippen LogP contribution in [0.3, 0.4) is 0 Å². The standard InChI is InChI=1S/C33H35FO6/c1-19-12-23(39-18-33(3,4)17-35)13-20(2)31(19)25-8-10-27(34)32-26(25)9-11-28(32)40-22-6-7-24-21(14-30(36)37-5)16-38-29(24)15-22/h6-8,10,12-13,15,17,21,28H,9,11,14,16,18H2,1-5H3/t21?,28-/m1/s1. The number of benzene rings is 3. The molecule has 0 fully saturated rings. The van der Waals surface area contributed by atoms with Gasteiger partial charge in [-0.3, -0.25) is 4.79 Å². The number of esters is 1. The molecule has 40 heavy (non-hydrogen) atoms. The predicted octanol–water partition coefficient (Wildman–Crippen LogP) is 6.82. The molecular weight excluding hydrogens is 511 g/mol. The molecule has 6 nitrogen and oxygen atoms in total. The summed E-state index contributed by atoms with van der Waals surface area (Å²) in [6.07, 6.45) is 2.09. The van der Waals surface area contributed by atoms with Crippen LogP contribution in [0.2, 0.25) is 0 Å². The lowest BCUT2D eigenvalue weighted by Gasteiger charge is -2.21. The zero-order chi connectivity index (χ0) is 28.6. The minimum Gasteiger partial charge on any atom is -0.493 e. The van der Waals surface area contributed by atoms with Crippen molar-refractivity contribution in [3.8, 4) is 28.4 Å². The number of aryl methyl sites for hydroxylation is 2. The summed E-state index contributed by atoms with van der Waals surface area (Å²) in [5.41, 5.74) is 6.04. The van der Waals surface area contributed by atoms with Crippen LogP contribution in [0.4, 0.5) is 4.39 Å². The van der Waals surface area contributed by atoms with E-state index in [1.165, 1.54) is 13.2 Å². The highest BCUT2D eigenvalue weighted by molar-refractivity contribution is 5.76. The lowest BCUT2D eigenvalue weighted by molar-refractivity contribution is -0.141. The fourth-order valence-corrected chi connectivity index (χ4v) is 5.71. The smallest absolute Gasteiger partial charge is 0.306 e. The molecule has 0 amide bonds. The maximum atomic E-state index is 15.3. The summed E-state index contributed by atoms with van der Waals surface area (Å²) < 4.78 is 38.2. The number of rotatable bonds is 9. The Bertz CT molecular complexity index is 1440. The molecule has 0 radical (unpaired) electrons. The lowest BCUT2D eigenvalue weighted by Crippen LogP contribution is -2.22. The van der Waals surface area contributed by atoms with Gasteiger partial charge in [-0.05, 0) is 92.6 Å². The van der Waals surface area contributed by atoms with Gasteiger partial charge in [-0.15, -0.1) is 0 Å². The summed E-state index contributed by atoms with van der Waals surface area (Å²) in [4.78, 5) is 23.0. The van der Waals surface area contributed by atoms with E-state index >= 15 is 4.39 Å². The van der Waals surface area contributed by atoms with E-state index < -0.39 is 11.5 Å². The van der Waals surface area contributed by atoms with E-state index in [1.807, 2.05) is 64.1 Å². The van der Waals surface area contributed by atoms with Crippen molar-refractivity contribution in [2.75, 3.05) is 20.3 Å². The molecule has 1 heterocycles. The van der Waals surface area contributed by atoms with Crippen LogP contribution in [0, 0.1) is 25.1 Å². The van der Waals surface area contributed by atoms with Gasteiger partial charge in [0, 0.05) is 23.1 Å². The molecule has 0 N–H and O–H groups in total. The average molecular weight is 547 g/mol. The maximum absolute atomic E-state index is 15.3. The Morgan fingerprint density at radius 2 is 1.85 bits per heavy atom. The van der Waals surface area contributed by atoms with Crippen molar-refractivity contribution in [2.24, 2.45) is 5.41 Å². The monoisotopic (exact) mass is 546 g/mol. The van der Waals surface area contributed by atoms with E-state index in [0.29, 0.717) is 48.9 Å². The van der Waals surface area contributed by atoms with E-state index in [0.717, 1.165) is 39.7 Å². The van der Waals surface area contributed by atoms with Crippen molar-refractivity contribution in [3.05, 3.63) is 76.1 Å². The quantitative estimate of drug-likeness (QED) is 0.217.